The van der Waals surface area contributed by atoms with Gasteiger partial charge in [0.05, 0.1) is 11.3 Å². The van der Waals surface area contributed by atoms with Crippen LogP contribution in [0.15, 0.2) is 30.2 Å². The molecule has 0 saturated carbocycles. The van der Waals surface area contributed by atoms with Crippen molar-refractivity contribution in [3.63, 3.8) is 0 Å². The zero-order chi connectivity index (χ0) is 19.1. The Morgan fingerprint density at radius 1 is 1.32 bits per heavy atom. The molecule has 1 rings (SSSR count). The molecule has 8 N–H and O–H groups in total. The summed E-state index contributed by atoms with van der Waals surface area (Å²) in [6.45, 7) is 5.45. The number of aliphatic hydroxyl groups is 1. The van der Waals surface area contributed by atoms with Crippen LogP contribution < -0.4 is 22.1 Å². The van der Waals surface area contributed by atoms with Crippen LogP contribution in [0.1, 0.15) is 37.6 Å². The molecule has 1 atom stereocenters. The average molecular weight is 347 g/mol. The molecule has 0 aromatic heterocycles. The zero-order valence-corrected chi connectivity index (χ0v) is 14.6. The van der Waals surface area contributed by atoms with Crippen molar-refractivity contribution in [3.8, 4) is 0 Å². The molecule has 25 heavy (non-hydrogen) atoms. The third-order valence-corrected chi connectivity index (χ3v) is 3.29. The Bertz CT molecular complexity index is 698. The van der Waals surface area contributed by atoms with E-state index in [1.54, 1.807) is 12.1 Å². The van der Waals surface area contributed by atoms with Crippen LogP contribution in [-0.4, -0.2) is 28.7 Å². The summed E-state index contributed by atoms with van der Waals surface area (Å²) >= 11 is 0. The van der Waals surface area contributed by atoms with Crippen LogP contribution in [0.25, 0.3) is 0 Å². The molecule has 8 heteroatoms. The lowest BCUT2D eigenvalue weighted by molar-refractivity contribution is -0.119. The Morgan fingerprint density at radius 3 is 2.44 bits per heavy atom. The summed E-state index contributed by atoms with van der Waals surface area (Å²) in [7, 11) is 0. The Balaban J connectivity index is 3.14. The molecule has 0 spiro atoms. The first-order valence-corrected chi connectivity index (χ1v) is 7.82. The van der Waals surface area contributed by atoms with E-state index in [0.29, 0.717) is 12.1 Å². The Hall–Kier alpha value is -3.03. The van der Waals surface area contributed by atoms with E-state index in [-0.39, 0.29) is 28.8 Å². The number of amides is 2. The van der Waals surface area contributed by atoms with Crippen molar-refractivity contribution >= 4 is 28.9 Å². The Kier molecular flexibility index (Phi) is 6.98. The van der Waals surface area contributed by atoms with E-state index in [9.17, 15) is 14.7 Å². The fourth-order valence-corrected chi connectivity index (χ4v) is 2.25. The fraction of sp³-hybridized carbons (Fsp3) is 0.353. The van der Waals surface area contributed by atoms with Crippen LogP contribution in [0.5, 0.6) is 0 Å². The van der Waals surface area contributed by atoms with Gasteiger partial charge in [0.25, 0.3) is 5.91 Å². The number of carbonyl (C=O) groups excluding carboxylic acids is 2. The maximum atomic E-state index is 11.6. The fourth-order valence-electron chi connectivity index (χ4n) is 2.25. The first-order valence-electron chi connectivity index (χ1n) is 7.82. The predicted octanol–water partition coefficient (Wildman–Crippen LogP) is 1.95. The van der Waals surface area contributed by atoms with E-state index in [2.05, 4.69) is 10.6 Å². The van der Waals surface area contributed by atoms with Crippen LogP contribution in [0.3, 0.4) is 0 Å². The summed E-state index contributed by atoms with van der Waals surface area (Å²) < 4.78 is 0. The summed E-state index contributed by atoms with van der Waals surface area (Å²) in [6, 6.07) is 4.05. The highest BCUT2D eigenvalue weighted by atomic mass is 16.3. The molecule has 0 radical (unpaired) electrons. The number of hydrogen-bond donors (Lipinski definition) is 6. The van der Waals surface area contributed by atoms with Crippen LogP contribution in [0.4, 0.5) is 11.4 Å². The molecule has 0 aliphatic heterocycles. The maximum Gasteiger partial charge on any atom is 0.250 e. The highest BCUT2D eigenvalue weighted by Gasteiger charge is 2.18. The maximum absolute atomic E-state index is 11.6. The van der Waals surface area contributed by atoms with Gasteiger partial charge in [-0.2, -0.15) is 0 Å². The number of benzene rings is 1. The van der Waals surface area contributed by atoms with Crippen molar-refractivity contribution in [1.29, 1.82) is 5.41 Å². The number of aliphatic hydroxyl groups excluding tert-OH is 1. The number of nitrogens with one attached hydrogen (secondary N) is 3. The van der Waals surface area contributed by atoms with Gasteiger partial charge in [0.1, 0.15) is 6.04 Å². The molecule has 136 valence electrons. The monoisotopic (exact) mass is 347 g/mol. The summed E-state index contributed by atoms with van der Waals surface area (Å²) in [4.78, 5) is 23.2. The van der Waals surface area contributed by atoms with Crippen molar-refractivity contribution in [2.45, 2.75) is 33.2 Å². The third kappa shape index (κ3) is 6.54. The molecular weight excluding hydrogens is 322 g/mol. The SMILES string of the molecule is CC(=N)/C=C(\O)Nc1cc(N[C@H](CC(C)C)C(N)=O)ccc1C(N)=O. The van der Waals surface area contributed by atoms with Crippen molar-refractivity contribution < 1.29 is 14.7 Å². The number of rotatable bonds is 9. The second-order valence-electron chi connectivity index (χ2n) is 6.19. The largest absolute Gasteiger partial charge is 0.495 e. The molecular formula is C17H25N5O3. The van der Waals surface area contributed by atoms with Gasteiger partial charge in [0.2, 0.25) is 5.91 Å². The summed E-state index contributed by atoms with van der Waals surface area (Å²) in [5, 5.41) is 22.8. The van der Waals surface area contributed by atoms with Crippen LogP contribution in [-0.2, 0) is 4.79 Å². The Morgan fingerprint density at radius 2 is 1.96 bits per heavy atom. The summed E-state index contributed by atoms with van der Waals surface area (Å²) in [5.41, 5.74) is 11.8. The molecule has 8 nitrogen and oxygen atoms in total. The quantitative estimate of drug-likeness (QED) is 0.297. The van der Waals surface area contributed by atoms with E-state index in [1.165, 1.54) is 19.1 Å². The molecule has 0 aliphatic carbocycles. The van der Waals surface area contributed by atoms with Crippen molar-refractivity contribution in [1.82, 2.24) is 0 Å². The number of anilines is 2. The molecule has 0 aliphatic rings. The highest BCUT2D eigenvalue weighted by Crippen LogP contribution is 2.23. The van der Waals surface area contributed by atoms with Crippen LogP contribution >= 0.6 is 0 Å². The topological polar surface area (TPSA) is 154 Å². The molecule has 0 heterocycles. The smallest absolute Gasteiger partial charge is 0.250 e. The number of carbonyl (C=O) groups is 2. The van der Waals surface area contributed by atoms with Gasteiger partial charge < -0.3 is 32.6 Å². The lowest BCUT2D eigenvalue weighted by atomic mass is 10.0. The van der Waals surface area contributed by atoms with Crippen LogP contribution in [0, 0.1) is 11.3 Å². The standard InChI is InChI=1S/C17H25N5O3/c1-9(2)6-14(17(20)25)21-11-4-5-12(16(19)24)13(8-11)22-15(23)7-10(3)18/h4-5,7-9,14,18,21-23H,6H2,1-3H3,(H2,19,24)(H2,20,25)/b15-7-,18-10?/t14-/m1/s1. The lowest BCUT2D eigenvalue weighted by Gasteiger charge is -2.20. The minimum atomic E-state index is -0.679. The Labute approximate surface area is 146 Å². The first kappa shape index (κ1) is 20.0. The van der Waals surface area contributed by atoms with Gasteiger partial charge in [-0.1, -0.05) is 13.8 Å². The van der Waals surface area contributed by atoms with Gasteiger partial charge in [-0.3, -0.25) is 9.59 Å². The molecule has 0 bridgehead atoms. The number of hydrogen-bond acceptors (Lipinski definition) is 6. The highest BCUT2D eigenvalue weighted by molar-refractivity contribution is 6.00. The third-order valence-electron chi connectivity index (χ3n) is 3.29. The van der Waals surface area contributed by atoms with Gasteiger partial charge in [-0.05, 0) is 37.5 Å². The second kappa shape index (κ2) is 8.72. The molecule has 0 unspecified atom stereocenters. The molecule has 0 fully saturated rings. The average Bonchev–Trinajstić information content (AvgIpc) is 2.44. The normalized spacial score (nSPS) is 12.6. The van der Waals surface area contributed by atoms with Gasteiger partial charge in [0, 0.05) is 17.5 Å². The van der Waals surface area contributed by atoms with Crippen molar-refractivity contribution in [2.75, 3.05) is 10.6 Å². The number of primary amides is 2. The number of nitrogens with two attached hydrogens (primary N) is 2. The lowest BCUT2D eigenvalue weighted by Crippen LogP contribution is -2.36. The number of allylic oxidation sites excluding steroid dienone is 1. The van der Waals surface area contributed by atoms with E-state index in [1.807, 2.05) is 13.8 Å². The predicted molar refractivity (Wildman–Crippen MR) is 98.8 cm³/mol. The molecule has 2 amide bonds. The summed E-state index contributed by atoms with van der Waals surface area (Å²) in [5.74, 6) is -1.21. The van der Waals surface area contributed by atoms with Crippen LogP contribution in [0.2, 0.25) is 0 Å². The van der Waals surface area contributed by atoms with Gasteiger partial charge in [-0.15, -0.1) is 0 Å². The van der Waals surface area contributed by atoms with Crippen molar-refractivity contribution in [3.05, 3.63) is 35.7 Å². The van der Waals surface area contributed by atoms with Gasteiger partial charge >= 0.3 is 0 Å². The first-order chi connectivity index (χ1) is 11.6. The van der Waals surface area contributed by atoms with E-state index < -0.39 is 17.9 Å². The van der Waals surface area contributed by atoms with Gasteiger partial charge in [-0.25, -0.2) is 0 Å². The zero-order valence-electron chi connectivity index (χ0n) is 14.6. The molecule has 0 saturated heterocycles. The van der Waals surface area contributed by atoms with E-state index in [4.69, 9.17) is 16.9 Å². The molecule has 1 aromatic rings. The van der Waals surface area contributed by atoms with Gasteiger partial charge in [0.15, 0.2) is 5.88 Å². The second-order valence-corrected chi connectivity index (χ2v) is 6.19. The minimum Gasteiger partial charge on any atom is -0.495 e. The van der Waals surface area contributed by atoms with Crippen molar-refractivity contribution in [2.24, 2.45) is 17.4 Å². The van der Waals surface area contributed by atoms with E-state index >= 15 is 0 Å². The molecule has 1 aromatic carbocycles. The minimum absolute atomic E-state index is 0.130. The van der Waals surface area contributed by atoms with E-state index in [0.717, 1.165) is 0 Å². The summed E-state index contributed by atoms with van der Waals surface area (Å²) in [6.07, 6.45) is 1.74.